The number of hydrogen-bond donors (Lipinski definition) is 1. The number of aliphatic hydroxyl groups is 1. The minimum atomic E-state index is -0.526. The summed E-state index contributed by atoms with van der Waals surface area (Å²) in [4.78, 5) is 0. The Hall–Kier alpha value is -0.890. The summed E-state index contributed by atoms with van der Waals surface area (Å²) in [6.45, 7) is 1.74. The van der Waals surface area contributed by atoms with Crippen LogP contribution < -0.4 is 0 Å². The molecular weight excluding hydrogens is 167 g/mol. The summed E-state index contributed by atoms with van der Waals surface area (Å²) in [5.41, 5.74) is 1.02. The van der Waals surface area contributed by atoms with Crippen molar-refractivity contribution >= 4 is 0 Å². The number of hydrogen-bond acceptors (Lipinski definition) is 1. The summed E-state index contributed by atoms with van der Waals surface area (Å²) in [5.74, 6) is -0.179. The molecule has 1 fully saturated rings. The normalized spacial score (nSPS) is 18.7. The van der Waals surface area contributed by atoms with Gasteiger partial charge in [-0.1, -0.05) is 12.1 Å². The average molecular weight is 180 g/mol. The molecule has 2 heteroatoms. The van der Waals surface area contributed by atoms with Gasteiger partial charge in [-0.2, -0.15) is 0 Å². The highest BCUT2D eigenvalue weighted by Crippen LogP contribution is 2.38. The third-order valence-corrected chi connectivity index (χ3v) is 2.60. The first-order valence-electron chi connectivity index (χ1n) is 4.56. The van der Waals surface area contributed by atoms with Crippen LogP contribution >= 0.6 is 0 Å². The van der Waals surface area contributed by atoms with Crippen LogP contribution in [0.1, 0.15) is 24.0 Å². The smallest absolute Gasteiger partial charge is 0.126 e. The number of benzene rings is 1. The lowest BCUT2D eigenvalue weighted by Gasteiger charge is -2.07. The summed E-state index contributed by atoms with van der Waals surface area (Å²) in [6.07, 6.45) is 2.29. The van der Waals surface area contributed by atoms with Crippen LogP contribution in [0.2, 0.25) is 0 Å². The fourth-order valence-electron chi connectivity index (χ4n) is 1.45. The molecule has 1 aliphatic rings. The molecule has 0 amide bonds. The summed E-state index contributed by atoms with van der Waals surface area (Å²) in [5, 5.41) is 9.62. The molecule has 0 unspecified atom stereocenters. The fraction of sp³-hybridized carbons (Fsp3) is 0.455. The highest BCUT2D eigenvalue weighted by Gasteiger charge is 2.40. The SMILES string of the molecule is Cc1ccc(CC2(O)CC2)cc1F. The van der Waals surface area contributed by atoms with Crippen molar-refractivity contribution in [1.82, 2.24) is 0 Å². The fourth-order valence-corrected chi connectivity index (χ4v) is 1.45. The van der Waals surface area contributed by atoms with E-state index in [1.165, 1.54) is 6.07 Å². The molecule has 0 spiro atoms. The zero-order valence-corrected chi connectivity index (χ0v) is 7.68. The highest BCUT2D eigenvalue weighted by molar-refractivity contribution is 5.25. The quantitative estimate of drug-likeness (QED) is 0.739. The van der Waals surface area contributed by atoms with Gasteiger partial charge in [-0.3, -0.25) is 0 Å². The van der Waals surface area contributed by atoms with Crippen LogP contribution in [-0.2, 0) is 6.42 Å². The van der Waals surface area contributed by atoms with Crippen molar-refractivity contribution in [1.29, 1.82) is 0 Å². The summed E-state index contributed by atoms with van der Waals surface area (Å²) < 4.78 is 13.1. The van der Waals surface area contributed by atoms with Crippen molar-refractivity contribution in [2.24, 2.45) is 0 Å². The second-order valence-electron chi connectivity index (χ2n) is 3.98. The van der Waals surface area contributed by atoms with Crippen LogP contribution in [0.5, 0.6) is 0 Å². The van der Waals surface area contributed by atoms with Crippen LogP contribution in [0.15, 0.2) is 18.2 Å². The molecule has 0 saturated heterocycles. The molecule has 0 radical (unpaired) electrons. The van der Waals surface area contributed by atoms with Gasteiger partial charge >= 0.3 is 0 Å². The second-order valence-corrected chi connectivity index (χ2v) is 3.98. The first-order valence-corrected chi connectivity index (χ1v) is 4.56. The van der Waals surface area contributed by atoms with E-state index < -0.39 is 5.60 Å². The number of halogens is 1. The van der Waals surface area contributed by atoms with Gasteiger partial charge in [-0.15, -0.1) is 0 Å². The van der Waals surface area contributed by atoms with Gasteiger partial charge in [0, 0.05) is 6.42 Å². The van der Waals surface area contributed by atoms with Crippen molar-refractivity contribution in [3.8, 4) is 0 Å². The van der Waals surface area contributed by atoms with E-state index in [1.807, 2.05) is 6.07 Å². The molecule has 1 aromatic carbocycles. The van der Waals surface area contributed by atoms with E-state index in [0.29, 0.717) is 12.0 Å². The van der Waals surface area contributed by atoms with Gasteiger partial charge < -0.3 is 5.11 Å². The molecule has 0 atom stereocenters. The summed E-state index contributed by atoms with van der Waals surface area (Å²) >= 11 is 0. The van der Waals surface area contributed by atoms with Crippen LogP contribution in [0.25, 0.3) is 0 Å². The molecule has 0 aromatic heterocycles. The minimum absolute atomic E-state index is 0.179. The lowest BCUT2D eigenvalue weighted by molar-refractivity contribution is 0.151. The Kier molecular flexibility index (Phi) is 1.88. The monoisotopic (exact) mass is 180 g/mol. The van der Waals surface area contributed by atoms with Gasteiger partial charge in [0.2, 0.25) is 0 Å². The van der Waals surface area contributed by atoms with Crippen LogP contribution in [0.4, 0.5) is 4.39 Å². The zero-order chi connectivity index (χ0) is 9.47. The van der Waals surface area contributed by atoms with E-state index in [-0.39, 0.29) is 5.82 Å². The predicted octanol–water partition coefficient (Wildman–Crippen LogP) is 2.20. The molecule has 13 heavy (non-hydrogen) atoms. The average Bonchev–Trinajstić information content (AvgIpc) is 2.76. The van der Waals surface area contributed by atoms with Gasteiger partial charge in [-0.05, 0) is 37.0 Å². The maximum atomic E-state index is 13.1. The first kappa shape index (κ1) is 8.70. The maximum absolute atomic E-state index is 13.1. The Labute approximate surface area is 77.2 Å². The summed E-state index contributed by atoms with van der Waals surface area (Å²) in [6, 6.07) is 5.16. The molecular formula is C11H13FO. The van der Waals surface area contributed by atoms with Crippen molar-refractivity contribution < 1.29 is 9.50 Å². The van der Waals surface area contributed by atoms with E-state index in [0.717, 1.165) is 18.4 Å². The molecule has 2 rings (SSSR count). The Balaban J connectivity index is 2.17. The highest BCUT2D eigenvalue weighted by atomic mass is 19.1. The molecule has 0 heterocycles. The third-order valence-electron chi connectivity index (χ3n) is 2.60. The van der Waals surface area contributed by atoms with Gasteiger partial charge in [0.15, 0.2) is 0 Å². The minimum Gasteiger partial charge on any atom is -0.390 e. The second kappa shape index (κ2) is 2.81. The van der Waals surface area contributed by atoms with Gasteiger partial charge in [-0.25, -0.2) is 4.39 Å². The van der Waals surface area contributed by atoms with Crippen LogP contribution in [0, 0.1) is 12.7 Å². The molecule has 1 N–H and O–H groups in total. The molecule has 1 nitrogen and oxygen atoms in total. The third kappa shape index (κ3) is 1.89. The van der Waals surface area contributed by atoms with E-state index in [2.05, 4.69) is 0 Å². The van der Waals surface area contributed by atoms with E-state index in [4.69, 9.17) is 0 Å². The largest absolute Gasteiger partial charge is 0.390 e. The number of rotatable bonds is 2. The Morgan fingerprint density at radius 1 is 1.46 bits per heavy atom. The van der Waals surface area contributed by atoms with Crippen molar-refractivity contribution in [2.45, 2.75) is 31.8 Å². The molecule has 0 bridgehead atoms. The molecule has 1 aromatic rings. The van der Waals surface area contributed by atoms with Crippen molar-refractivity contribution in [3.05, 3.63) is 35.1 Å². The Morgan fingerprint density at radius 3 is 2.69 bits per heavy atom. The molecule has 0 aliphatic heterocycles. The maximum Gasteiger partial charge on any atom is 0.126 e. The first-order chi connectivity index (χ1) is 6.09. The van der Waals surface area contributed by atoms with Gasteiger partial charge in [0.1, 0.15) is 5.82 Å². The lowest BCUT2D eigenvalue weighted by Crippen LogP contribution is -2.10. The van der Waals surface area contributed by atoms with Crippen molar-refractivity contribution in [2.75, 3.05) is 0 Å². The number of aryl methyl sites for hydroxylation is 1. The topological polar surface area (TPSA) is 20.2 Å². The van der Waals surface area contributed by atoms with Gasteiger partial charge in [0.05, 0.1) is 5.60 Å². The zero-order valence-electron chi connectivity index (χ0n) is 7.68. The Morgan fingerprint density at radius 2 is 2.15 bits per heavy atom. The molecule has 1 saturated carbocycles. The summed E-state index contributed by atoms with van der Waals surface area (Å²) in [7, 11) is 0. The Bertz CT molecular complexity index is 329. The lowest BCUT2D eigenvalue weighted by atomic mass is 10.0. The van der Waals surface area contributed by atoms with E-state index in [1.54, 1.807) is 13.0 Å². The van der Waals surface area contributed by atoms with Gasteiger partial charge in [0.25, 0.3) is 0 Å². The predicted molar refractivity (Wildman–Crippen MR) is 49.0 cm³/mol. The van der Waals surface area contributed by atoms with E-state index >= 15 is 0 Å². The molecule has 1 aliphatic carbocycles. The van der Waals surface area contributed by atoms with Crippen LogP contribution in [0.3, 0.4) is 0 Å². The standard InChI is InChI=1S/C11H13FO/c1-8-2-3-9(6-10(8)12)7-11(13)4-5-11/h2-3,6,13H,4-5,7H2,1H3. The molecule has 70 valence electrons. The van der Waals surface area contributed by atoms with Crippen molar-refractivity contribution in [3.63, 3.8) is 0 Å². The van der Waals surface area contributed by atoms with E-state index in [9.17, 15) is 9.50 Å². The van der Waals surface area contributed by atoms with Crippen LogP contribution in [-0.4, -0.2) is 10.7 Å².